The zero-order valence-corrected chi connectivity index (χ0v) is 12.1. The summed E-state index contributed by atoms with van der Waals surface area (Å²) >= 11 is 0. The Balaban J connectivity index is 2.50. The maximum Gasteiger partial charge on any atom is 0.0249 e. The number of rotatable bonds is 7. The Morgan fingerprint density at radius 2 is 1.88 bits per heavy atom. The molecular formula is C15H32N2. The van der Waals surface area contributed by atoms with Crippen LogP contribution in [-0.4, -0.2) is 30.1 Å². The van der Waals surface area contributed by atoms with E-state index in [1.54, 1.807) is 0 Å². The highest BCUT2D eigenvalue weighted by Crippen LogP contribution is 2.30. The number of nitrogens with zero attached hydrogens (tertiary/aromatic N) is 1. The summed E-state index contributed by atoms with van der Waals surface area (Å²) in [6, 6.07) is 1.07. The molecule has 3 atom stereocenters. The Morgan fingerprint density at radius 1 is 1.12 bits per heavy atom. The number of unbranched alkanes of at least 4 members (excludes halogenated alkanes) is 1. The first-order chi connectivity index (χ1) is 8.22. The van der Waals surface area contributed by atoms with E-state index < -0.39 is 0 Å². The highest BCUT2D eigenvalue weighted by atomic mass is 15.2. The van der Waals surface area contributed by atoms with Crippen LogP contribution in [0.1, 0.15) is 65.7 Å². The summed E-state index contributed by atoms with van der Waals surface area (Å²) in [6.45, 7) is 9.26. The van der Waals surface area contributed by atoms with Crippen LogP contribution in [0.2, 0.25) is 0 Å². The van der Waals surface area contributed by atoms with Crippen molar-refractivity contribution in [3.05, 3.63) is 0 Å². The van der Waals surface area contributed by atoms with Gasteiger partial charge in [0.05, 0.1) is 0 Å². The Hall–Kier alpha value is -0.0800. The van der Waals surface area contributed by atoms with Gasteiger partial charge < -0.3 is 5.73 Å². The first-order valence-electron chi connectivity index (χ1n) is 7.72. The van der Waals surface area contributed by atoms with E-state index in [1.807, 2.05) is 0 Å². The van der Waals surface area contributed by atoms with Gasteiger partial charge in [0, 0.05) is 12.1 Å². The van der Waals surface area contributed by atoms with Crippen LogP contribution in [0.25, 0.3) is 0 Å². The molecule has 3 unspecified atom stereocenters. The molecule has 1 saturated carbocycles. The van der Waals surface area contributed by atoms with Gasteiger partial charge in [0.1, 0.15) is 0 Å². The lowest BCUT2D eigenvalue weighted by molar-refractivity contribution is 0.112. The zero-order valence-electron chi connectivity index (χ0n) is 12.1. The fourth-order valence-electron chi connectivity index (χ4n) is 3.26. The summed E-state index contributed by atoms with van der Waals surface area (Å²) in [7, 11) is 0. The molecule has 0 aromatic rings. The van der Waals surface area contributed by atoms with Crippen LogP contribution in [0.5, 0.6) is 0 Å². The fraction of sp³-hybridized carbons (Fsp3) is 1.00. The largest absolute Gasteiger partial charge is 0.326 e. The van der Waals surface area contributed by atoms with Crippen LogP contribution >= 0.6 is 0 Å². The molecule has 1 aliphatic carbocycles. The molecule has 0 heterocycles. The normalized spacial score (nSPS) is 29.8. The number of likely N-dealkylation sites (N-methyl/N-ethyl adjacent to an activating group) is 1. The molecule has 102 valence electrons. The average molecular weight is 240 g/mol. The Labute approximate surface area is 108 Å². The third-order valence-corrected chi connectivity index (χ3v) is 4.35. The standard InChI is InChI=1S/C15H32N2/c1-4-7-11-17(6-3)15-12-13(8-5-2)9-10-14(15)16/h13-15H,4-12,16H2,1-3H3. The topological polar surface area (TPSA) is 29.3 Å². The monoisotopic (exact) mass is 240 g/mol. The van der Waals surface area contributed by atoms with Gasteiger partial charge in [-0.3, -0.25) is 4.90 Å². The van der Waals surface area contributed by atoms with Crippen molar-refractivity contribution < 1.29 is 0 Å². The predicted octanol–water partition coefficient (Wildman–Crippen LogP) is 3.40. The Kier molecular flexibility index (Phi) is 7.14. The highest BCUT2D eigenvalue weighted by molar-refractivity contribution is 4.89. The van der Waals surface area contributed by atoms with Gasteiger partial charge in [-0.05, 0) is 44.7 Å². The van der Waals surface area contributed by atoms with E-state index in [1.165, 1.54) is 51.5 Å². The molecule has 2 N–H and O–H groups in total. The van der Waals surface area contributed by atoms with Crippen molar-refractivity contribution >= 4 is 0 Å². The first kappa shape index (κ1) is 15.0. The van der Waals surface area contributed by atoms with Crippen LogP contribution in [0.15, 0.2) is 0 Å². The lowest BCUT2D eigenvalue weighted by atomic mass is 9.80. The number of hydrogen-bond donors (Lipinski definition) is 1. The highest BCUT2D eigenvalue weighted by Gasteiger charge is 2.30. The number of nitrogens with two attached hydrogens (primary N) is 1. The van der Waals surface area contributed by atoms with Crippen molar-refractivity contribution in [2.75, 3.05) is 13.1 Å². The molecule has 1 rings (SSSR count). The van der Waals surface area contributed by atoms with Crippen LogP contribution in [0, 0.1) is 5.92 Å². The van der Waals surface area contributed by atoms with Crippen LogP contribution < -0.4 is 5.73 Å². The molecule has 1 fully saturated rings. The second-order valence-corrected chi connectivity index (χ2v) is 5.68. The van der Waals surface area contributed by atoms with Crippen molar-refractivity contribution in [2.24, 2.45) is 11.7 Å². The second kappa shape index (κ2) is 8.10. The van der Waals surface area contributed by atoms with Gasteiger partial charge in [0.2, 0.25) is 0 Å². The van der Waals surface area contributed by atoms with Crippen molar-refractivity contribution in [3.63, 3.8) is 0 Å². The minimum Gasteiger partial charge on any atom is -0.326 e. The number of hydrogen-bond acceptors (Lipinski definition) is 2. The summed E-state index contributed by atoms with van der Waals surface area (Å²) < 4.78 is 0. The van der Waals surface area contributed by atoms with Crippen LogP contribution in [-0.2, 0) is 0 Å². The van der Waals surface area contributed by atoms with Crippen molar-refractivity contribution in [1.82, 2.24) is 4.90 Å². The zero-order chi connectivity index (χ0) is 12.7. The van der Waals surface area contributed by atoms with Crippen LogP contribution in [0.3, 0.4) is 0 Å². The van der Waals surface area contributed by atoms with Gasteiger partial charge in [0.15, 0.2) is 0 Å². The van der Waals surface area contributed by atoms with E-state index in [0.717, 1.165) is 12.5 Å². The van der Waals surface area contributed by atoms with Crippen molar-refractivity contribution in [1.29, 1.82) is 0 Å². The molecule has 2 heteroatoms. The average Bonchev–Trinajstić information content (AvgIpc) is 2.34. The molecule has 0 aromatic heterocycles. The molecular weight excluding hydrogens is 208 g/mol. The lowest BCUT2D eigenvalue weighted by Crippen LogP contribution is -2.51. The minimum atomic E-state index is 0.417. The molecule has 0 bridgehead atoms. The van der Waals surface area contributed by atoms with Gasteiger partial charge in [-0.25, -0.2) is 0 Å². The maximum absolute atomic E-state index is 6.34. The smallest absolute Gasteiger partial charge is 0.0249 e. The van der Waals surface area contributed by atoms with Crippen molar-refractivity contribution in [3.8, 4) is 0 Å². The molecule has 2 nitrogen and oxygen atoms in total. The first-order valence-corrected chi connectivity index (χ1v) is 7.72. The Morgan fingerprint density at radius 3 is 2.47 bits per heavy atom. The van der Waals surface area contributed by atoms with E-state index in [4.69, 9.17) is 5.73 Å². The molecule has 0 aliphatic heterocycles. The van der Waals surface area contributed by atoms with Gasteiger partial charge in [-0.2, -0.15) is 0 Å². The quantitative estimate of drug-likeness (QED) is 0.739. The molecule has 0 spiro atoms. The van der Waals surface area contributed by atoms with E-state index in [2.05, 4.69) is 25.7 Å². The van der Waals surface area contributed by atoms with Gasteiger partial charge in [-0.1, -0.05) is 40.0 Å². The van der Waals surface area contributed by atoms with E-state index in [0.29, 0.717) is 12.1 Å². The summed E-state index contributed by atoms with van der Waals surface area (Å²) in [5.74, 6) is 0.931. The molecule has 0 saturated heterocycles. The third-order valence-electron chi connectivity index (χ3n) is 4.35. The van der Waals surface area contributed by atoms with Crippen molar-refractivity contribution in [2.45, 2.75) is 77.8 Å². The molecule has 0 amide bonds. The molecule has 0 aromatic carbocycles. The molecule has 1 aliphatic rings. The van der Waals surface area contributed by atoms with Crippen LogP contribution in [0.4, 0.5) is 0 Å². The van der Waals surface area contributed by atoms with E-state index >= 15 is 0 Å². The van der Waals surface area contributed by atoms with E-state index in [-0.39, 0.29) is 0 Å². The summed E-state index contributed by atoms with van der Waals surface area (Å²) in [6.07, 6.45) is 9.26. The second-order valence-electron chi connectivity index (χ2n) is 5.68. The minimum absolute atomic E-state index is 0.417. The fourth-order valence-corrected chi connectivity index (χ4v) is 3.26. The van der Waals surface area contributed by atoms with Gasteiger partial charge >= 0.3 is 0 Å². The maximum atomic E-state index is 6.34. The summed E-state index contributed by atoms with van der Waals surface area (Å²) in [4.78, 5) is 2.63. The summed E-state index contributed by atoms with van der Waals surface area (Å²) in [5.41, 5.74) is 6.34. The van der Waals surface area contributed by atoms with Gasteiger partial charge in [0.25, 0.3) is 0 Å². The SMILES string of the molecule is CCCCN(CC)C1CC(CCC)CCC1N. The lowest BCUT2D eigenvalue weighted by Gasteiger charge is -2.41. The molecule has 17 heavy (non-hydrogen) atoms. The predicted molar refractivity (Wildman–Crippen MR) is 76.2 cm³/mol. The van der Waals surface area contributed by atoms with E-state index in [9.17, 15) is 0 Å². The summed E-state index contributed by atoms with van der Waals surface area (Å²) in [5, 5.41) is 0. The third kappa shape index (κ3) is 4.59. The van der Waals surface area contributed by atoms with Gasteiger partial charge in [-0.15, -0.1) is 0 Å². The Bertz CT molecular complexity index is 193. The molecule has 0 radical (unpaired) electrons.